The van der Waals surface area contributed by atoms with Crippen LogP contribution in [-0.2, 0) is 22.6 Å². The maximum atomic E-state index is 13.5. The summed E-state index contributed by atoms with van der Waals surface area (Å²) in [5.74, 6) is 1.33. The summed E-state index contributed by atoms with van der Waals surface area (Å²) in [6.07, 6.45) is 2.81. The SMILES string of the molecule is CO[C@@H](C(=O)N(Cc1cccnc1)Cc1ccc2c(c1)OCCO2)c1ccccc1. The van der Waals surface area contributed by atoms with Gasteiger partial charge in [-0.2, -0.15) is 0 Å². The lowest BCUT2D eigenvalue weighted by molar-refractivity contribution is -0.143. The average molecular weight is 404 g/mol. The number of carbonyl (C=O) groups excluding carboxylic acids is 1. The summed E-state index contributed by atoms with van der Waals surface area (Å²) in [6, 6.07) is 19.1. The Hall–Kier alpha value is -3.38. The Labute approximate surface area is 176 Å². The second-order valence-corrected chi connectivity index (χ2v) is 7.06. The van der Waals surface area contributed by atoms with E-state index >= 15 is 0 Å². The molecule has 0 spiro atoms. The lowest BCUT2D eigenvalue weighted by atomic mass is 10.1. The highest BCUT2D eigenvalue weighted by Crippen LogP contribution is 2.31. The number of fused-ring (bicyclic) bond motifs is 1. The van der Waals surface area contributed by atoms with Crippen LogP contribution in [0.4, 0.5) is 0 Å². The lowest BCUT2D eigenvalue weighted by Gasteiger charge is -2.28. The van der Waals surface area contributed by atoms with Gasteiger partial charge in [0.05, 0.1) is 0 Å². The number of hydrogen-bond donors (Lipinski definition) is 0. The topological polar surface area (TPSA) is 60.9 Å². The van der Waals surface area contributed by atoms with Crippen molar-refractivity contribution in [3.63, 3.8) is 0 Å². The zero-order chi connectivity index (χ0) is 20.8. The van der Waals surface area contributed by atoms with E-state index in [4.69, 9.17) is 14.2 Å². The van der Waals surface area contributed by atoms with Crippen LogP contribution in [0.2, 0.25) is 0 Å². The molecule has 1 aromatic heterocycles. The summed E-state index contributed by atoms with van der Waals surface area (Å²) in [5, 5.41) is 0. The third kappa shape index (κ3) is 4.60. The molecule has 0 bridgehead atoms. The Morgan fingerprint density at radius 3 is 2.50 bits per heavy atom. The Bertz CT molecular complexity index is 979. The van der Waals surface area contributed by atoms with Crippen molar-refractivity contribution in [1.82, 2.24) is 9.88 Å². The number of ether oxygens (including phenoxy) is 3. The molecular weight excluding hydrogens is 380 g/mol. The molecule has 6 nitrogen and oxygen atoms in total. The molecule has 2 aromatic carbocycles. The summed E-state index contributed by atoms with van der Waals surface area (Å²) in [6.45, 7) is 1.91. The van der Waals surface area contributed by atoms with Gasteiger partial charge < -0.3 is 19.1 Å². The van der Waals surface area contributed by atoms with Gasteiger partial charge in [-0.25, -0.2) is 0 Å². The van der Waals surface area contributed by atoms with Crippen LogP contribution >= 0.6 is 0 Å². The van der Waals surface area contributed by atoms with Gasteiger partial charge in [-0.1, -0.05) is 42.5 Å². The van der Waals surface area contributed by atoms with Crippen molar-refractivity contribution < 1.29 is 19.0 Å². The van der Waals surface area contributed by atoms with Crippen molar-refractivity contribution in [1.29, 1.82) is 0 Å². The second-order valence-electron chi connectivity index (χ2n) is 7.06. The lowest BCUT2D eigenvalue weighted by Crippen LogP contribution is -2.35. The van der Waals surface area contributed by atoms with Crippen molar-refractivity contribution in [2.75, 3.05) is 20.3 Å². The van der Waals surface area contributed by atoms with Crippen LogP contribution in [0, 0.1) is 0 Å². The fourth-order valence-electron chi connectivity index (χ4n) is 3.50. The molecule has 30 heavy (non-hydrogen) atoms. The minimum atomic E-state index is -0.680. The van der Waals surface area contributed by atoms with Gasteiger partial charge in [0.1, 0.15) is 13.2 Å². The number of amides is 1. The van der Waals surface area contributed by atoms with Crippen LogP contribution in [-0.4, -0.2) is 36.1 Å². The number of pyridine rings is 1. The molecule has 154 valence electrons. The predicted octanol–water partition coefficient (Wildman–Crippen LogP) is 3.77. The Balaban J connectivity index is 1.61. The van der Waals surface area contributed by atoms with Crippen LogP contribution in [0.15, 0.2) is 73.1 Å². The molecule has 4 rings (SSSR count). The molecule has 0 fully saturated rings. The van der Waals surface area contributed by atoms with Gasteiger partial charge in [-0.05, 0) is 34.9 Å². The fourth-order valence-corrected chi connectivity index (χ4v) is 3.50. The summed E-state index contributed by atoms with van der Waals surface area (Å²) in [4.78, 5) is 19.5. The molecule has 0 aliphatic carbocycles. The first kappa shape index (κ1) is 19.9. The Kier molecular flexibility index (Phi) is 6.25. The first-order chi connectivity index (χ1) is 14.7. The maximum Gasteiger partial charge on any atom is 0.256 e. The molecule has 0 saturated heterocycles. The molecule has 1 amide bonds. The molecule has 0 unspecified atom stereocenters. The molecule has 6 heteroatoms. The van der Waals surface area contributed by atoms with E-state index in [0.29, 0.717) is 32.1 Å². The minimum Gasteiger partial charge on any atom is -0.486 e. The summed E-state index contributed by atoms with van der Waals surface area (Å²) in [7, 11) is 1.56. The van der Waals surface area contributed by atoms with E-state index in [1.165, 1.54) is 0 Å². The smallest absolute Gasteiger partial charge is 0.256 e. The minimum absolute atomic E-state index is 0.109. The van der Waals surface area contributed by atoms with Crippen LogP contribution < -0.4 is 9.47 Å². The van der Waals surface area contributed by atoms with E-state index in [2.05, 4.69) is 4.98 Å². The van der Waals surface area contributed by atoms with E-state index in [9.17, 15) is 4.79 Å². The quantitative estimate of drug-likeness (QED) is 0.600. The Morgan fingerprint density at radius 1 is 1.00 bits per heavy atom. The maximum absolute atomic E-state index is 13.5. The molecule has 1 aliphatic rings. The van der Waals surface area contributed by atoms with Gasteiger partial charge in [0, 0.05) is 32.6 Å². The monoisotopic (exact) mass is 404 g/mol. The summed E-state index contributed by atoms with van der Waals surface area (Å²) in [5.41, 5.74) is 2.73. The molecule has 2 heterocycles. The van der Waals surface area contributed by atoms with Gasteiger partial charge in [0.25, 0.3) is 5.91 Å². The number of carbonyl (C=O) groups is 1. The molecule has 3 aromatic rings. The largest absolute Gasteiger partial charge is 0.486 e. The highest BCUT2D eigenvalue weighted by molar-refractivity contribution is 5.82. The van der Waals surface area contributed by atoms with Gasteiger partial charge in [-0.15, -0.1) is 0 Å². The van der Waals surface area contributed by atoms with Gasteiger partial charge >= 0.3 is 0 Å². The predicted molar refractivity (Wildman–Crippen MR) is 112 cm³/mol. The van der Waals surface area contributed by atoms with Crippen molar-refractivity contribution in [2.24, 2.45) is 0 Å². The number of aromatic nitrogens is 1. The van der Waals surface area contributed by atoms with Crippen molar-refractivity contribution in [2.45, 2.75) is 19.2 Å². The second kappa shape index (κ2) is 9.41. The first-order valence-corrected chi connectivity index (χ1v) is 9.88. The fraction of sp³-hybridized carbons (Fsp3) is 0.250. The number of methoxy groups -OCH3 is 1. The molecular formula is C24H24N2O4. The van der Waals surface area contributed by atoms with Crippen molar-refractivity contribution >= 4 is 5.91 Å². The van der Waals surface area contributed by atoms with Crippen molar-refractivity contribution in [3.05, 3.63) is 89.7 Å². The molecule has 0 radical (unpaired) electrons. The van der Waals surface area contributed by atoms with Crippen LogP contribution in [0.5, 0.6) is 11.5 Å². The zero-order valence-corrected chi connectivity index (χ0v) is 16.9. The first-order valence-electron chi connectivity index (χ1n) is 9.88. The number of nitrogens with zero attached hydrogens (tertiary/aromatic N) is 2. The molecule has 1 aliphatic heterocycles. The van der Waals surface area contributed by atoms with Crippen LogP contribution in [0.1, 0.15) is 22.8 Å². The number of rotatable bonds is 7. The highest BCUT2D eigenvalue weighted by Gasteiger charge is 2.26. The van der Waals surface area contributed by atoms with Gasteiger partial charge in [-0.3, -0.25) is 9.78 Å². The van der Waals surface area contributed by atoms with Crippen LogP contribution in [0.3, 0.4) is 0 Å². The molecule has 1 atom stereocenters. The third-order valence-electron chi connectivity index (χ3n) is 4.95. The van der Waals surface area contributed by atoms with E-state index < -0.39 is 6.10 Å². The van der Waals surface area contributed by atoms with E-state index in [-0.39, 0.29) is 5.91 Å². The third-order valence-corrected chi connectivity index (χ3v) is 4.95. The van der Waals surface area contributed by atoms with E-state index in [0.717, 1.165) is 22.4 Å². The van der Waals surface area contributed by atoms with Gasteiger partial charge in [0.15, 0.2) is 17.6 Å². The zero-order valence-electron chi connectivity index (χ0n) is 16.9. The van der Waals surface area contributed by atoms with Gasteiger partial charge in [0.2, 0.25) is 0 Å². The average Bonchev–Trinajstić information content (AvgIpc) is 2.80. The van der Waals surface area contributed by atoms with E-state index in [1.807, 2.05) is 60.7 Å². The van der Waals surface area contributed by atoms with Crippen molar-refractivity contribution in [3.8, 4) is 11.5 Å². The number of hydrogen-bond acceptors (Lipinski definition) is 5. The summed E-state index contributed by atoms with van der Waals surface area (Å²) >= 11 is 0. The normalized spacial score (nSPS) is 13.5. The molecule has 0 saturated carbocycles. The highest BCUT2D eigenvalue weighted by atomic mass is 16.6. The van der Waals surface area contributed by atoms with E-state index in [1.54, 1.807) is 24.4 Å². The number of benzene rings is 2. The van der Waals surface area contributed by atoms with Crippen LogP contribution in [0.25, 0.3) is 0 Å². The standard InChI is InChI=1S/C24H24N2O4/c1-28-23(20-7-3-2-4-8-20)24(27)26(17-19-6-5-11-25-15-19)16-18-9-10-21-22(14-18)30-13-12-29-21/h2-11,14-15,23H,12-13,16-17H2,1H3/t23-/m1/s1. The summed E-state index contributed by atoms with van der Waals surface area (Å²) < 4.78 is 16.9. The Morgan fingerprint density at radius 2 is 1.77 bits per heavy atom. The molecule has 0 N–H and O–H groups in total.